The summed E-state index contributed by atoms with van der Waals surface area (Å²) in [5.41, 5.74) is 3.10. The molecule has 1 aliphatic rings. The minimum absolute atomic E-state index is 0.0382. The maximum absolute atomic E-state index is 12.3. The van der Waals surface area contributed by atoms with Crippen molar-refractivity contribution >= 4 is 17.5 Å². The first-order chi connectivity index (χ1) is 13.2. The van der Waals surface area contributed by atoms with Gasteiger partial charge in [0.05, 0.1) is 17.6 Å². The number of fused-ring (bicyclic) bond motifs is 1. The predicted molar refractivity (Wildman–Crippen MR) is 100 cm³/mol. The zero-order chi connectivity index (χ0) is 18.6. The van der Waals surface area contributed by atoms with E-state index in [0.717, 1.165) is 11.3 Å². The van der Waals surface area contributed by atoms with Crippen LogP contribution in [0.15, 0.2) is 60.9 Å². The number of benzene rings is 2. The zero-order valence-electron chi connectivity index (χ0n) is 14.5. The van der Waals surface area contributed by atoms with Crippen LogP contribution in [0.4, 0.5) is 5.69 Å². The molecule has 2 amide bonds. The third-order valence-electron chi connectivity index (χ3n) is 4.23. The lowest BCUT2D eigenvalue weighted by molar-refractivity contribution is -0.118. The van der Waals surface area contributed by atoms with E-state index in [1.165, 1.54) is 0 Å². The summed E-state index contributed by atoms with van der Waals surface area (Å²) in [4.78, 5) is 23.6. The lowest BCUT2D eigenvalue weighted by Gasteiger charge is -2.18. The first kappa shape index (κ1) is 16.8. The topological polar surface area (TPSA) is 85.2 Å². The number of hydrogen-bond acceptors (Lipinski definition) is 4. The Kier molecular flexibility index (Phi) is 4.57. The van der Waals surface area contributed by atoms with Crippen LogP contribution in [-0.2, 0) is 11.2 Å². The monoisotopic (exact) mass is 362 g/mol. The minimum atomic E-state index is -0.198. The van der Waals surface area contributed by atoms with Crippen LogP contribution >= 0.6 is 0 Å². The summed E-state index contributed by atoms with van der Waals surface area (Å²) in [6.45, 7) is 0.456. The minimum Gasteiger partial charge on any atom is -0.482 e. The molecular weight excluding hydrogens is 344 g/mol. The second-order valence-electron chi connectivity index (χ2n) is 6.18. The number of nitrogens with zero attached hydrogens (tertiary/aromatic N) is 2. The number of rotatable bonds is 5. The molecule has 0 unspecified atom stereocenters. The normalized spacial score (nSPS) is 12.7. The van der Waals surface area contributed by atoms with Gasteiger partial charge >= 0.3 is 0 Å². The Morgan fingerprint density at radius 1 is 1.22 bits per heavy atom. The number of para-hydroxylation sites is 1. The van der Waals surface area contributed by atoms with Crippen molar-refractivity contribution in [1.29, 1.82) is 0 Å². The van der Waals surface area contributed by atoms with E-state index < -0.39 is 0 Å². The molecule has 0 saturated carbocycles. The lowest BCUT2D eigenvalue weighted by atomic mass is 10.1. The fraction of sp³-hybridized carbons (Fsp3) is 0.150. The highest BCUT2D eigenvalue weighted by atomic mass is 16.5. The van der Waals surface area contributed by atoms with Crippen molar-refractivity contribution in [3.63, 3.8) is 0 Å². The summed E-state index contributed by atoms with van der Waals surface area (Å²) in [5, 5.41) is 9.94. The molecule has 0 aliphatic carbocycles. The van der Waals surface area contributed by atoms with E-state index in [1.54, 1.807) is 24.4 Å². The highest BCUT2D eigenvalue weighted by Crippen LogP contribution is 2.28. The largest absolute Gasteiger partial charge is 0.482 e. The number of anilines is 1. The summed E-state index contributed by atoms with van der Waals surface area (Å²) in [7, 11) is 0. The van der Waals surface area contributed by atoms with Crippen molar-refractivity contribution in [1.82, 2.24) is 15.1 Å². The van der Waals surface area contributed by atoms with Crippen molar-refractivity contribution in [3.05, 3.63) is 72.1 Å². The van der Waals surface area contributed by atoms with Crippen LogP contribution in [0, 0.1) is 0 Å². The lowest BCUT2D eigenvalue weighted by Crippen LogP contribution is -2.27. The van der Waals surface area contributed by atoms with Crippen molar-refractivity contribution in [2.75, 3.05) is 18.5 Å². The van der Waals surface area contributed by atoms with E-state index in [-0.39, 0.29) is 18.4 Å². The van der Waals surface area contributed by atoms with Crippen LogP contribution in [0.5, 0.6) is 5.75 Å². The number of amides is 2. The maximum Gasteiger partial charge on any atom is 0.262 e. The van der Waals surface area contributed by atoms with E-state index in [9.17, 15) is 9.59 Å². The first-order valence-electron chi connectivity index (χ1n) is 8.63. The summed E-state index contributed by atoms with van der Waals surface area (Å²) >= 11 is 0. The molecule has 136 valence electrons. The molecule has 7 nitrogen and oxygen atoms in total. The van der Waals surface area contributed by atoms with Crippen molar-refractivity contribution in [2.45, 2.75) is 6.42 Å². The molecule has 0 atom stereocenters. The fourth-order valence-electron chi connectivity index (χ4n) is 2.85. The van der Waals surface area contributed by atoms with Crippen molar-refractivity contribution < 1.29 is 14.3 Å². The second-order valence-corrected chi connectivity index (χ2v) is 6.18. The summed E-state index contributed by atoms with van der Waals surface area (Å²) < 4.78 is 7.15. The average molecular weight is 362 g/mol. The SMILES string of the molecule is O=C1COc2cc(C(=O)NCCc3cnn(-c4ccccc4)c3)ccc2N1. The molecular formula is C20H18N4O3. The molecule has 2 heterocycles. The number of hydrogen-bond donors (Lipinski definition) is 2. The average Bonchev–Trinajstić information content (AvgIpc) is 3.17. The van der Waals surface area contributed by atoms with E-state index in [0.29, 0.717) is 30.0 Å². The Labute approximate surface area is 156 Å². The molecule has 0 radical (unpaired) electrons. The van der Waals surface area contributed by atoms with Crippen LogP contribution in [-0.4, -0.2) is 34.7 Å². The molecule has 0 saturated heterocycles. The van der Waals surface area contributed by atoms with Gasteiger partial charge in [0.15, 0.2) is 6.61 Å². The zero-order valence-corrected chi connectivity index (χ0v) is 14.5. The van der Waals surface area contributed by atoms with Crippen LogP contribution in [0.1, 0.15) is 15.9 Å². The van der Waals surface area contributed by atoms with Gasteiger partial charge in [-0.3, -0.25) is 9.59 Å². The molecule has 3 aromatic rings. The quantitative estimate of drug-likeness (QED) is 0.728. The number of aromatic nitrogens is 2. The van der Waals surface area contributed by atoms with Gasteiger partial charge < -0.3 is 15.4 Å². The number of carbonyl (C=O) groups excluding carboxylic acids is 2. The Bertz CT molecular complexity index is 982. The smallest absolute Gasteiger partial charge is 0.262 e. The molecule has 2 N–H and O–H groups in total. The number of ether oxygens (including phenoxy) is 1. The van der Waals surface area contributed by atoms with E-state index >= 15 is 0 Å². The predicted octanol–water partition coefficient (Wildman–Crippen LogP) is 2.18. The molecule has 0 bridgehead atoms. The third kappa shape index (κ3) is 3.82. The molecule has 0 fully saturated rings. The number of carbonyl (C=O) groups is 2. The molecule has 1 aliphatic heterocycles. The van der Waals surface area contributed by atoms with Gasteiger partial charge in [-0.25, -0.2) is 4.68 Å². The van der Waals surface area contributed by atoms with Gasteiger partial charge in [-0.2, -0.15) is 5.10 Å². The third-order valence-corrected chi connectivity index (χ3v) is 4.23. The van der Waals surface area contributed by atoms with Crippen LogP contribution in [0.2, 0.25) is 0 Å². The highest BCUT2D eigenvalue weighted by Gasteiger charge is 2.17. The van der Waals surface area contributed by atoms with Gasteiger partial charge in [0, 0.05) is 18.3 Å². The van der Waals surface area contributed by atoms with E-state index in [4.69, 9.17) is 4.74 Å². The Morgan fingerprint density at radius 3 is 2.93 bits per heavy atom. The summed E-state index contributed by atoms with van der Waals surface area (Å²) in [6.07, 6.45) is 4.43. The van der Waals surface area contributed by atoms with Crippen LogP contribution in [0.3, 0.4) is 0 Å². The van der Waals surface area contributed by atoms with Gasteiger partial charge in [0.1, 0.15) is 5.75 Å². The van der Waals surface area contributed by atoms with E-state index in [2.05, 4.69) is 15.7 Å². The fourth-order valence-corrected chi connectivity index (χ4v) is 2.85. The molecule has 4 rings (SSSR count). The number of nitrogens with one attached hydrogen (secondary N) is 2. The van der Waals surface area contributed by atoms with Crippen molar-refractivity contribution in [3.8, 4) is 11.4 Å². The maximum atomic E-state index is 12.3. The Balaban J connectivity index is 1.34. The Morgan fingerprint density at radius 2 is 2.07 bits per heavy atom. The van der Waals surface area contributed by atoms with Gasteiger partial charge in [-0.15, -0.1) is 0 Å². The second kappa shape index (κ2) is 7.33. The van der Waals surface area contributed by atoms with Crippen LogP contribution < -0.4 is 15.4 Å². The first-order valence-corrected chi connectivity index (χ1v) is 8.63. The van der Waals surface area contributed by atoms with E-state index in [1.807, 2.05) is 41.2 Å². The van der Waals surface area contributed by atoms with Gasteiger partial charge in [-0.05, 0) is 42.3 Å². The molecule has 27 heavy (non-hydrogen) atoms. The molecule has 2 aromatic carbocycles. The standard InChI is InChI=1S/C20H18N4O3/c25-19-13-27-18-10-15(6-7-17(18)23-19)20(26)21-9-8-14-11-22-24(12-14)16-4-2-1-3-5-16/h1-7,10-12H,8-9,13H2,(H,21,26)(H,23,25). The highest BCUT2D eigenvalue weighted by molar-refractivity contribution is 5.98. The van der Waals surface area contributed by atoms with Gasteiger partial charge in [0.2, 0.25) is 0 Å². The van der Waals surface area contributed by atoms with Crippen LogP contribution in [0.25, 0.3) is 5.69 Å². The molecule has 1 aromatic heterocycles. The summed E-state index contributed by atoms with van der Waals surface area (Å²) in [6, 6.07) is 14.8. The molecule has 0 spiro atoms. The molecule has 7 heteroatoms. The Hall–Kier alpha value is -3.61. The summed E-state index contributed by atoms with van der Waals surface area (Å²) in [5.74, 6) is 0.121. The van der Waals surface area contributed by atoms with Crippen molar-refractivity contribution in [2.24, 2.45) is 0 Å². The van der Waals surface area contributed by atoms with Gasteiger partial charge in [-0.1, -0.05) is 18.2 Å². The van der Waals surface area contributed by atoms with Gasteiger partial charge in [0.25, 0.3) is 11.8 Å².